The summed E-state index contributed by atoms with van der Waals surface area (Å²) >= 11 is 0. The summed E-state index contributed by atoms with van der Waals surface area (Å²) in [4.78, 5) is 4.80. The lowest BCUT2D eigenvalue weighted by molar-refractivity contribution is 0.104. The molecule has 18 heavy (non-hydrogen) atoms. The van der Waals surface area contributed by atoms with E-state index in [0.717, 1.165) is 38.3 Å². The van der Waals surface area contributed by atoms with Crippen LogP contribution in [0.15, 0.2) is 18.2 Å². The molecule has 0 radical (unpaired) electrons. The molecule has 4 heteroatoms. The highest BCUT2D eigenvalue weighted by molar-refractivity contribution is 5.46. The largest absolute Gasteiger partial charge is 0.398 e. The molecule has 0 aliphatic carbocycles. The number of piperazine rings is 1. The molecule has 0 amide bonds. The lowest BCUT2D eigenvalue weighted by Crippen LogP contribution is -2.48. The molecular weight excluding hydrogens is 229 g/mol. The van der Waals surface area contributed by atoms with E-state index < -0.39 is 0 Å². The van der Waals surface area contributed by atoms with Crippen LogP contribution in [0.5, 0.6) is 0 Å². The van der Waals surface area contributed by atoms with Crippen molar-refractivity contribution >= 4 is 5.69 Å². The van der Waals surface area contributed by atoms with Crippen LogP contribution in [0.3, 0.4) is 0 Å². The minimum absolute atomic E-state index is 0.208. The van der Waals surface area contributed by atoms with E-state index in [1.54, 1.807) is 12.1 Å². The van der Waals surface area contributed by atoms with E-state index in [-0.39, 0.29) is 5.82 Å². The van der Waals surface area contributed by atoms with Crippen molar-refractivity contribution in [2.45, 2.75) is 26.4 Å². The zero-order valence-corrected chi connectivity index (χ0v) is 11.2. The summed E-state index contributed by atoms with van der Waals surface area (Å²) in [5, 5.41) is 0. The molecule has 3 nitrogen and oxygen atoms in total. The molecule has 1 aliphatic heterocycles. The van der Waals surface area contributed by atoms with Crippen LogP contribution in [0.4, 0.5) is 10.1 Å². The Hall–Kier alpha value is -1.13. The first-order valence-corrected chi connectivity index (χ1v) is 6.56. The lowest BCUT2D eigenvalue weighted by atomic mass is 10.1. The quantitative estimate of drug-likeness (QED) is 0.833. The van der Waals surface area contributed by atoms with Gasteiger partial charge in [-0.05, 0) is 37.6 Å². The highest BCUT2D eigenvalue weighted by Crippen LogP contribution is 2.17. The monoisotopic (exact) mass is 251 g/mol. The van der Waals surface area contributed by atoms with Gasteiger partial charge in [0, 0.05) is 44.5 Å². The molecule has 1 heterocycles. The van der Waals surface area contributed by atoms with Crippen LogP contribution >= 0.6 is 0 Å². The smallest absolute Gasteiger partial charge is 0.123 e. The summed E-state index contributed by atoms with van der Waals surface area (Å²) in [7, 11) is 0. The molecule has 1 aromatic carbocycles. The van der Waals surface area contributed by atoms with Crippen molar-refractivity contribution in [3.8, 4) is 0 Å². The predicted octanol–water partition coefficient (Wildman–Crippen LogP) is 1.93. The molecule has 0 spiro atoms. The van der Waals surface area contributed by atoms with E-state index >= 15 is 0 Å². The zero-order chi connectivity index (χ0) is 13.1. The average molecular weight is 251 g/mol. The predicted molar refractivity (Wildman–Crippen MR) is 72.8 cm³/mol. The summed E-state index contributed by atoms with van der Waals surface area (Å²) in [5.41, 5.74) is 7.46. The number of benzene rings is 1. The van der Waals surface area contributed by atoms with Crippen molar-refractivity contribution in [3.63, 3.8) is 0 Å². The van der Waals surface area contributed by atoms with Gasteiger partial charge in [0.05, 0.1) is 0 Å². The highest BCUT2D eigenvalue weighted by atomic mass is 19.1. The van der Waals surface area contributed by atoms with Crippen molar-refractivity contribution in [2.24, 2.45) is 0 Å². The topological polar surface area (TPSA) is 32.5 Å². The molecule has 1 saturated heterocycles. The summed E-state index contributed by atoms with van der Waals surface area (Å²) in [6.45, 7) is 9.39. The first-order valence-electron chi connectivity index (χ1n) is 6.56. The minimum Gasteiger partial charge on any atom is -0.398 e. The number of hydrogen-bond acceptors (Lipinski definition) is 3. The van der Waals surface area contributed by atoms with E-state index in [2.05, 4.69) is 23.6 Å². The van der Waals surface area contributed by atoms with Gasteiger partial charge in [-0.25, -0.2) is 4.39 Å². The summed E-state index contributed by atoms with van der Waals surface area (Å²) in [6.07, 6.45) is 0. The number of nitrogens with two attached hydrogens (primary N) is 1. The number of nitrogens with zero attached hydrogens (tertiary/aromatic N) is 2. The molecule has 0 atom stereocenters. The molecule has 100 valence electrons. The number of hydrogen-bond donors (Lipinski definition) is 1. The van der Waals surface area contributed by atoms with Crippen LogP contribution in [0.1, 0.15) is 19.4 Å². The van der Waals surface area contributed by atoms with Gasteiger partial charge < -0.3 is 5.73 Å². The molecule has 2 rings (SSSR count). The lowest BCUT2D eigenvalue weighted by Gasteiger charge is -2.37. The fourth-order valence-electron chi connectivity index (χ4n) is 2.39. The van der Waals surface area contributed by atoms with Crippen molar-refractivity contribution in [1.82, 2.24) is 9.80 Å². The fourth-order valence-corrected chi connectivity index (χ4v) is 2.39. The fraction of sp³-hybridized carbons (Fsp3) is 0.571. The number of rotatable bonds is 3. The Morgan fingerprint density at radius 1 is 1.22 bits per heavy atom. The molecule has 1 aliphatic rings. The third kappa shape index (κ3) is 3.21. The van der Waals surface area contributed by atoms with Crippen LogP contribution in [-0.2, 0) is 6.54 Å². The van der Waals surface area contributed by atoms with Gasteiger partial charge in [-0.3, -0.25) is 9.80 Å². The Morgan fingerprint density at radius 2 is 1.89 bits per heavy atom. The first-order chi connectivity index (χ1) is 8.56. The highest BCUT2D eigenvalue weighted by Gasteiger charge is 2.19. The van der Waals surface area contributed by atoms with Crippen molar-refractivity contribution in [1.29, 1.82) is 0 Å². The molecule has 0 saturated carbocycles. The maximum absolute atomic E-state index is 13.2. The van der Waals surface area contributed by atoms with E-state index in [1.807, 2.05) is 0 Å². The summed E-state index contributed by atoms with van der Waals surface area (Å²) in [6, 6.07) is 5.21. The first kappa shape index (κ1) is 13.3. The molecule has 1 aromatic rings. The Bertz CT molecular complexity index is 398. The Kier molecular flexibility index (Phi) is 4.19. The van der Waals surface area contributed by atoms with Crippen molar-refractivity contribution < 1.29 is 4.39 Å². The Balaban J connectivity index is 1.93. The van der Waals surface area contributed by atoms with E-state index in [9.17, 15) is 4.39 Å². The molecule has 0 aromatic heterocycles. The van der Waals surface area contributed by atoms with E-state index in [4.69, 9.17) is 5.73 Å². The maximum atomic E-state index is 13.2. The van der Waals surface area contributed by atoms with Gasteiger partial charge in [-0.15, -0.1) is 0 Å². The van der Waals surface area contributed by atoms with Gasteiger partial charge in [-0.1, -0.05) is 0 Å². The van der Waals surface area contributed by atoms with Gasteiger partial charge in [0.25, 0.3) is 0 Å². The second kappa shape index (κ2) is 5.67. The standard InChI is InChI=1S/C14H22FN3/c1-11(2)18-7-5-17(6-8-18)10-12-9-13(15)3-4-14(12)16/h3-4,9,11H,5-8,10,16H2,1-2H3. The van der Waals surface area contributed by atoms with Crippen LogP contribution < -0.4 is 5.73 Å². The van der Waals surface area contributed by atoms with Crippen LogP contribution in [0.2, 0.25) is 0 Å². The second-order valence-electron chi connectivity index (χ2n) is 5.25. The number of nitrogen functional groups attached to an aromatic ring is 1. The molecule has 0 unspecified atom stereocenters. The molecule has 2 N–H and O–H groups in total. The number of anilines is 1. The van der Waals surface area contributed by atoms with E-state index in [0.29, 0.717) is 11.7 Å². The van der Waals surface area contributed by atoms with E-state index in [1.165, 1.54) is 6.07 Å². The molecular formula is C14H22FN3. The van der Waals surface area contributed by atoms with Gasteiger partial charge in [-0.2, -0.15) is 0 Å². The Labute approximate surface area is 108 Å². The third-order valence-electron chi connectivity index (χ3n) is 3.64. The van der Waals surface area contributed by atoms with Gasteiger partial charge in [0.15, 0.2) is 0 Å². The van der Waals surface area contributed by atoms with Crippen molar-refractivity contribution in [2.75, 3.05) is 31.9 Å². The average Bonchev–Trinajstić information content (AvgIpc) is 2.34. The van der Waals surface area contributed by atoms with Gasteiger partial charge in [0.1, 0.15) is 5.82 Å². The van der Waals surface area contributed by atoms with Gasteiger partial charge >= 0.3 is 0 Å². The Morgan fingerprint density at radius 3 is 2.50 bits per heavy atom. The minimum atomic E-state index is -0.208. The normalized spacial score (nSPS) is 18.4. The van der Waals surface area contributed by atoms with Crippen LogP contribution in [0, 0.1) is 5.82 Å². The second-order valence-corrected chi connectivity index (χ2v) is 5.25. The van der Waals surface area contributed by atoms with Crippen LogP contribution in [0.25, 0.3) is 0 Å². The molecule has 1 fully saturated rings. The van der Waals surface area contributed by atoms with Crippen LogP contribution in [-0.4, -0.2) is 42.0 Å². The summed E-state index contributed by atoms with van der Waals surface area (Å²) < 4.78 is 13.2. The third-order valence-corrected chi connectivity index (χ3v) is 3.64. The number of halogens is 1. The zero-order valence-electron chi connectivity index (χ0n) is 11.2. The molecule has 0 bridgehead atoms. The maximum Gasteiger partial charge on any atom is 0.123 e. The summed E-state index contributed by atoms with van der Waals surface area (Å²) in [5.74, 6) is -0.208. The van der Waals surface area contributed by atoms with Gasteiger partial charge in [0.2, 0.25) is 0 Å². The van der Waals surface area contributed by atoms with Crippen molar-refractivity contribution in [3.05, 3.63) is 29.6 Å². The SMILES string of the molecule is CC(C)N1CCN(Cc2cc(F)ccc2N)CC1.